The van der Waals surface area contributed by atoms with Gasteiger partial charge in [0, 0.05) is 5.56 Å². The third-order valence-electron chi connectivity index (χ3n) is 4.41. The van der Waals surface area contributed by atoms with E-state index in [1.165, 1.54) is 0 Å². The highest BCUT2D eigenvalue weighted by Gasteiger charge is 2.42. The number of amides is 2. The number of aryl methyl sites for hydroxylation is 1. The fourth-order valence-electron chi connectivity index (χ4n) is 2.75. The number of urea groups is 1. The fourth-order valence-corrected chi connectivity index (χ4v) is 2.75. The van der Waals surface area contributed by atoms with Crippen LogP contribution in [-0.2, 0) is 0 Å². The SMILES string of the molecule is COc1ccc(C)cc1C(C)NC(=O)NC(C)(CO)C1CC1. The molecule has 1 saturated carbocycles. The molecular formula is C17H26N2O3. The van der Waals surface area contributed by atoms with Gasteiger partial charge in [0.2, 0.25) is 0 Å². The highest BCUT2D eigenvalue weighted by atomic mass is 16.5. The minimum absolute atomic E-state index is 0.0484. The van der Waals surface area contributed by atoms with E-state index in [4.69, 9.17) is 4.74 Å². The van der Waals surface area contributed by atoms with Gasteiger partial charge in [-0.25, -0.2) is 4.79 Å². The Labute approximate surface area is 132 Å². The van der Waals surface area contributed by atoms with E-state index < -0.39 is 5.54 Å². The lowest BCUT2D eigenvalue weighted by Gasteiger charge is -2.30. The van der Waals surface area contributed by atoms with Crippen LogP contribution in [-0.4, -0.2) is 30.4 Å². The van der Waals surface area contributed by atoms with Crippen molar-refractivity contribution < 1.29 is 14.6 Å². The van der Waals surface area contributed by atoms with Gasteiger partial charge in [-0.3, -0.25) is 0 Å². The Bertz CT molecular complexity index is 543. The maximum Gasteiger partial charge on any atom is 0.315 e. The quantitative estimate of drug-likeness (QED) is 0.756. The molecule has 0 spiro atoms. The molecule has 22 heavy (non-hydrogen) atoms. The lowest BCUT2D eigenvalue weighted by atomic mass is 9.97. The van der Waals surface area contributed by atoms with Crippen molar-refractivity contribution in [2.24, 2.45) is 5.92 Å². The van der Waals surface area contributed by atoms with E-state index in [0.717, 1.165) is 29.7 Å². The van der Waals surface area contributed by atoms with Gasteiger partial charge in [0.15, 0.2) is 0 Å². The van der Waals surface area contributed by atoms with Crippen molar-refractivity contribution in [1.29, 1.82) is 0 Å². The maximum atomic E-state index is 12.2. The zero-order valence-electron chi connectivity index (χ0n) is 13.8. The molecule has 1 aliphatic carbocycles. The van der Waals surface area contributed by atoms with E-state index in [1.807, 2.05) is 39.0 Å². The molecule has 0 heterocycles. The first-order valence-corrected chi connectivity index (χ1v) is 7.73. The lowest BCUT2D eigenvalue weighted by Crippen LogP contribution is -2.54. The molecule has 1 aliphatic rings. The van der Waals surface area contributed by atoms with Gasteiger partial charge in [-0.1, -0.05) is 17.7 Å². The largest absolute Gasteiger partial charge is 0.496 e. The molecule has 0 radical (unpaired) electrons. The van der Waals surface area contributed by atoms with Gasteiger partial charge >= 0.3 is 6.03 Å². The predicted octanol–water partition coefficient (Wildman–Crippen LogP) is 2.52. The first-order valence-electron chi connectivity index (χ1n) is 7.73. The topological polar surface area (TPSA) is 70.6 Å². The summed E-state index contributed by atoms with van der Waals surface area (Å²) < 4.78 is 5.36. The van der Waals surface area contributed by atoms with Crippen LogP contribution < -0.4 is 15.4 Å². The van der Waals surface area contributed by atoms with Crippen molar-refractivity contribution in [2.45, 2.75) is 45.2 Å². The summed E-state index contributed by atoms with van der Waals surface area (Å²) in [6.45, 7) is 5.77. The molecule has 5 nitrogen and oxygen atoms in total. The Balaban J connectivity index is 2.03. The summed E-state index contributed by atoms with van der Waals surface area (Å²) in [6, 6.07) is 5.44. The van der Waals surface area contributed by atoms with Gasteiger partial charge in [-0.2, -0.15) is 0 Å². The number of rotatable bonds is 6. The molecule has 0 aliphatic heterocycles. The van der Waals surface area contributed by atoms with Crippen molar-refractivity contribution in [3.63, 3.8) is 0 Å². The Morgan fingerprint density at radius 3 is 2.73 bits per heavy atom. The molecule has 2 atom stereocenters. The van der Waals surface area contributed by atoms with Crippen molar-refractivity contribution >= 4 is 6.03 Å². The fraction of sp³-hybridized carbons (Fsp3) is 0.588. The van der Waals surface area contributed by atoms with Crippen LogP contribution in [0.15, 0.2) is 18.2 Å². The number of carbonyl (C=O) groups is 1. The number of hydrogen-bond donors (Lipinski definition) is 3. The van der Waals surface area contributed by atoms with Crippen LogP contribution in [0.4, 0.5) is 4.79 Å². The highest BCUT2D eigenvalue weighted by Crippen LogP contribution is 2.39. The first kappa shape index (κ1) is 16.6. The standard InChI is InChI=1S/C17H26N2O3/c1-11-5-8-15(22-4)14(9-11)12(2)18-16(21)19-17(3,10-20)13-6-7-13/h5,8-9,12-13,20H,6-7,10H2,1-4H3,(H2,18,19,21). The van der Waals surface area contributed by atoms with E-state index in [2.05, 4.69) is 10.6 Å². The van der Waals surface area contributed by atoms with Crippen molar-refractivity contribution in [2.75, 3.05) is 13.7 Å². The summed E-state index contributed by atoms with van der Waals surface area (Å²) in [5.74, 6) is 1.12. The zero-order valence-corrected chi connectivity index (χ0v) is 13.8. The first-order chi connectivity index (χ1) is 10.4. The number of aliphatic hydroxyl groups excluding tert-OH is 1. The molecule has 1 fully saturated rings. The number of benzene rings is 1. The van der Waals surface area contributed by atoms with Gasteiger partial charge in [-0.05, 0) is 45.6 Å². The summed E-state index contributed by atoms with van der Waals surface area (Å²) in [4.78, 5) is 12.2. The number of hydrogen-bond acceptors (Lipinski definition) is 3. The second kappa shape index (κ2) is 6.57. The average Bonchev–Trinajstić information content (AvgIpc) is 3.31. The summed E-state index contributed by atoms with van der Waals surface area (Å²) in [6.07, 6.45) is 2.11. The third-order valence-corrected chi connectivity index (χ3v) is 4.41. The normalized spacial score (nSPS) is 18.2. The van der Waals surface area contributed by atoms with Crippen LogP contribution in [0.2, 0.25) is 0 Å². The molecule has 3 N–H and O–H groups in total. The van der Waals surface area contributed by atoms with E-state index in [-0.39, 0.29) is 18.7 Å². The summed E-state index contributed by atoms with van der Waals surface area (Å²) in [7, 11) is 1.62. The van der Waals surface area contributed by atoms with E-state index in [0.29, 0.717) is 5.92 Å². The summed E-state index contributed by atoms with van der Waals surface area (Å²) in [5.41, 5.74) is 1.51. The molecule has 1 aromatic carbocycles. The number of aliphatic hydroxyl groups is 1. The molecule has 1 aromatic rings. The highest BCUT2D eigenvalue weighted by molar-refractivity contribution is 5.75. The van der Waals surface area contributed by atoms with Gasteiger partial charge < -0.3 is 20.5 Å². The second-order valence-electron chi connectivity index (χ2n) is 6.42. The molecule has 2 unspecified atom stereocenters. The summed E-state index contributed by atoms with van der Waals surface area (Å²) >= 11 is 0. The van der Waals surface area contributed by atoms with Crippen LogP contribution in [0.3, 0.4) is 0 Å². The lowest BCUT2D eigenvalue weighted by molar-refractivity contribution is 0.154. The molecule has 122 valence electrons. The maximum absolute atomic E-state index is 12.2. The van der Waals surface area contributed by atoms with Crippen LogP contribution >= 0.6 is 0 Å². The molecule has 2 amide bonds. The minimum atomic E-state index is -0.541. The molecule has 0 aromatic heterocycles. The molecule has 5 heteroatoms. The molecule has 0 bridgehead atoms. The van der Waals surface area contributed by atoms with Crippen molar-refractivity contribution in [3.8, 4) is 5.75 Å². The van der Waals surface area contributed by atoms with Gasteiger partial charge in [-0.15, -0.1) is 0 Å². The molecule has 2 rings (SSSR count). The Morgan fingerprint density at radius 1 is 1.50 bits per heavy atom. The van der Waals surface area contributed by atoms with Crippen LogP contribution in [0, 0.1) is 12.8 Å². The molecule has 0 saturated heterocycles. The Morgan fingerprint density at radius 2 is 2.18 bits per heavy atom. The van der Waals surface area contributed by atoms with Gasteiger partial charge in [0.1, 0.15) is 5.75 Å². The van der Waals surface area contributed by atoms with Gasteiger partial charge in [0.25, 0.3) is 0 Å². The molecular weight excluding hydrogens is 280 g/mol. The Hall–Kier alpha value is -1.75. The number of nitrogens with one attached hydrogen (secondary N) is 2. The predicted molar refractivity (Wildman–Crippen MR) is 86.0 cm³/mol. The third kappa shape index (κ3) is 3.71. The van der Waals surface area contributed by atoms with E-state index >= 15 is 0 Å². The number of carbonyl (C=O) groups excluding carboxylic acids is 1. The summed E-state index contributed by atoms with van der Waals surface area (Å²) in [5, 5.41) is 15.4. The average molecular weight is 306 g/mol. The van der Waals surface area contributed by atoms with Crippen LogP contribution in [0.1, 0.15) is 43.9 Å². The second-order valence-corrected chi connectivity index (χ2v) is 6.42. The minimum Gasteiger partial charge on any atom is -0.496 e. The van der Waals surface area contributed by atoms with Crippen molar-refractivity contribution in [3.05, 3.63) is 29.3 Å². The smallest absolute Gasteiger partial charge is 0.315 e. The van der Waals surface area contributed by atoms with Crippen LogP contribution in [0.25, 0.3) is 0 Å². The Kier molecular flexibility index (Phi) is 4.96. The van der Waals surface area contributed by atoms with Crippen molar-refractivity contribution in [1.82, 2.24) is 10.6 Å². The van der Waals surface area contributed by atoms with Crippen LogP contribution in [0.5, 0.6) is 5.75 Å². The number of methoxy groups -OCH3 is 1. The van der Waals surface area contributed by atoms with E-state index in [9.17, 15) is 9.90 Å². The monoisotopic (exact) mass is 306 g/mol. The van der Waals surface area contributed by atoms with E-state index in [1.54, 1.807) is 7.11 Å². The van der Waals surface area contributed by atoms with Gasteiger partial charge in [0.05, 0.1) is 25.3 Å². The number of ether oxygens (including phenoxy) is 1. The zero-order chi connectivity index (χ0) is 16.3.